The number of aliphatic hydroxyl groups is 1. The highest BCUT2D eigenvalue weighted by molar-refractivity contribution is 8.00. The molecule has 15 heavy (non-hydrogen) atoms. The largest absolute Gasteiger partial charge is 0.394 e. The molecule has 0 radical (unpaired) electrons. The van der Waals surface area contributed by atoms with Crippen LogP contribution in [0.25, 0.3) is 0 Å². The van der Waals surface area contributed by atoms with Crippen LogP contribution >= 0.6 is 11.8 Å². The molecule has 1 aromatic rings. The maximum atomic E-state index is 8.77. The monoisotopic (exact) mass is 228 g/mol. The predicted octanol–water partition coefficient (Wildman–Crippen LogP) is 0.384. The van der Waals surface area contributed by atoms with Gasteiger partial charge in [0.1, 0.15) is 5.69 Å². The first-order valence-corrected chi connectivity index (χ1v) is 6.13. The molecule has 1 fully saturated rings. The molecule has 0 bridgehead atoms. The van der Waals surface area contributed by atoms with Gasteiger partial charge in [0, 0.05) is 5.25 Å². The van der Waals surface area contributed by atoms with Gasteiger partial charge in [-0.2, -0.15) is 0 Å². The number of thioether (sulfide) groups is 1. The molecule has 0 spiro atoms. The van der Waals surface area contributed by atoms with Gasteiger partial charge in [0.2, 0.25) is 0 Å². The lowest BCUT2D eigenvalue weighted by molar-refractivity contribution is 0.268. The molecule has 2 N–H and O–H groups in total. The zero-order valence-electron chi connectivity index (χ0n) is 8.76. The van der Waals surface area contributed by atoms with Gasteiger partial charge in [0.25, 0.3) is 0 Å². The first-order chi connectivity index (χ1) is 7.29. The van der Waals surface area contributed by atoms with Crippen molar-refractivity contribution in [1.82, 2.24) is 20.3 Å². The summed E-state index contributed by atoms with van der Waals surface area (Å²) in [5.74, 6) is 0. The van der Waals surface area contributed by atoms with Crippen molar-refractivity contribution in [2.75, 3.05) is 13.2 Å². The Kier molecular flexibility index (Phi) is 3.61. The Hall–Kier alpha value is -0.590. The quantitative estimate of drug-likeness (QED) is 0.783. The summed E-state index contributed by atoms with van der Waals surface area (Å²) in [7, 11) is 0. The van der Waals surface area contributed by atoms with E-state index in [9.17, 15) is 0 Å². The molecule has 84 valence electrons. The van der Waals surface area contributed by atoms with Crippen LogP contribution in [0.4, 0.5) is 0 Å². The van der Waals surface area contributed by atoms with Crippen molar-refractivity contribution in [2.45, 2.75) is 30.5 Å². The van der Waals surface area contributed by atoms with Crippen LogP contribution in [0.2, 0.25) is 0 Å². The summed E-state index contributed by atoms with van der Waals surface area (Å²) in [4.78, 5) is 0. The van der Waals surface area contributed by atoms with Crippen LogP contribution in [0, 0.1) is 0 Å². The van der Waals surface area contributed by atoms with Crippen LogP contribution in [0.3, 0.4) is 0 Å². The van der Waals surface area contributed by atoms with Crippen molar-refractivity contribution in [1.29, 1.82) is 0 Å². The minimum Gasteiger partial charge on any atom is -0.394 e. The second-order valence-electron chi connectivity index (χ2n) is 3.70. The second-order valence-corrected chi connectivity index (χ2v) is 5.25. The van der Waals surface area contributed by atoms with E-state index in [0.29, 0.717) is 11.8 Å². The van der Waals surface area contributed by atoms with Gasteiger partial charge in [-0.3, -0.25) is 0 Å². The van der Waals surface area contributed by atoms with Crippen LogP contribution in [-0.4, -0.2) is 38.5 Å². The third-order valence-corrected chi connectivity index (χ3v) is 3.78. The van der Waals surface area contributed by atoms with E-state index in [0.717, 1.165) is 12.2 Å². The molecule has 5 nitrogen and oxygen atoms in total. The number of hydrogen-bond acceptors (Lipinski definition) is 5. The molecule has 1 aromatic heterocycles. The molecular formula is C9H16N4OS. The Labute approximate surface area is 93.2 Å². The van der Waals surface area contributed by atoms with Gasteiger partial charge in [-0.15, -0.1) is 16.9 Å². The van der Waals surface area contributed by atoms with Crippen LogP contribution in [-0.2, 0) is 6.54 Å². The zero-order valence-corrected chi connectivity index (χ0v) is 9.57. The molecular weight excluding hydrogens is 212 g/mol. The van der Waals surface area contributed by atoms with Crippen molar-refractivity contribution in [3.8, 4) is 0 Å². The fourth-order valence-corrected chi connectivity index (χ4v) is 2.77. The number of nitrogens with one attached hydrogen (secondary N) is 1. The van der Waals surface area contributed by atoms with E-state index in [2.05, 4.69) is 22.6 Å². The molecule has 1 saturated heterocycles. The molecule has 1 aliphatic rings. The average molecular weight is 228 g/mol. The lowest BCUT2D eigenvalue weighted by Crippen LogP contribution is -2.29. The summed E-state index contributed by atoms with van der Waals surface area (Å²) in [5, 5.41) is 21.2. The summed E-state index contributed by atoms with van der Waals surface area (Å²) in [6, 6.07) is 0. The maximum Gasteiger partial charge on any atom is 0.110 e. The molecule has 2 heterocycles. The van der Waals surface area contributed by atoms with Gasteiger partial charge >= 0.3 is 0 Å². The fourth-order valence-electron chi connectivity index (χ4n) is 1.59. The highest BCUT2D eigenvalue weighted by atomic mass is 32.2. The first kappa shape index (κ1) is 10.9. The molecule has 2 unspecified atom stereocenters. The Bertz CT molecular complexity index is 317. The van der Waals surface area contributed by atoms with Gasteiger partial charge in [-0.05, 0) is 13.0 Å². The van der Waals surface area contributed by atoms with Gasteiger partial charge in [0.05, 0.1) is 24.7 Å². The van der Waals surface area contributed by atoms with E-state index in [-0.39, 0.29) is 12.0 Å². The minimum atomic E-state index is 0.102. The maximum absolute atomic E-state index is 8.77. The lowest BCUT2D eigenvalue weighted by atomic mass is 10.3. The molecule has 0 aliphatic carbocycles. The zero-order chi connectivity index (χ0) is 10.7. The highest BCUT2D eigenvalue weighted by Crippen LogP contribution is 2.32. The standard InChI is InChI=1S/C9H16N4OS/c1-7-2-3-10-9(15-7)8-6-13(4-5-14)12-11-8/h6-7,9-10,14H,2-5H2,1H3. The molecule has 2 rings (SSSR count). The summed E-state index contributed by atoms with van der Waals surface area (Å²) in [6.45, 7) is 3.88. The summed E-state index contributed by atoms with van der Waals surface area (Å²) in [6.07, 6.45) is 3.10. The van der Waals surface area contributed by atoms with Crippen molar-refractivity contribution in [2.24, 2.45) is 0 Å². The van der Waals surface area contributed by atoms with E-state index in [4.69, 9.17) is 5.11 Å². The summed E-state index contributed by atoms with van der Waals surface area (Å²) >= 11 is 1.88. The SMILES string of the molecule is CC1CCNC(c2cn(CCO)nn2)S1. The van der Waals surface area contributed by atoms with Crippen molar-refractivity contribution >= 4 is 11.8 Å². The minimum absolute atomic E-state index is 0.102. The van der Waals surface area contributed by atoms with Gasteiger partial charge in [-0.25, -0.2) is 4.68 Å². The van der Waals surface area contributed by atoms with Crippen LogP contribution < -0.4 is 5.32 Å². The van der Waals surface area contributed by atoms with E-state index >= 15 is 0 Å². The van der Waals surface area contributed by atoms with E-state index in [1.165, 1.54) is 6.42 Å². The average Bonchev–Trinajstić information content (AvgIpc) is 2.67. The van der Waals surface area contributed by atoms with Gasteiger partial charge < -0.3 is 10.4 Å². The number of nitrogens with zero attached hydrogens (tertiary/aromatic N) is 3. The Morgan fingerprint density at radius 2 is 2.60 bits per heavy atom. The Balaban J connectivity index is 2.01. The predicted molar refractivity (Wildman–Crippen MR) is 59.5 cm³/mol. The third-order valence-electron chi connectivity index (χ3n) is 2.40. The fraction of sp³-hybridized carbons (Fsp3) is 0.778. The second kappa shape index (κ2) is 4.96. The molecule has 0 saturated carbocycles. The van der Waals surface area contributed by atoms with E-state index < -0.39 is 0 Å². The van der Waals surface area contributed by atoms with Crippen LogP contribution in [0.5, 0.6) is 0 Å². The molecule has 1 aliphatic heterocycles. The van der Waals surface area contributed by atoms with Crippen LogP contribution in [0.1, 0.15) is 24.4 Å². The number of aliphatic hydroxyl groups excluding tert-OH is 1. The molecule has 6 heteroatoms. The Morgan fingerprint density at radius 1 is 1.73 bits per heavy atom. The lowest BCUT2D eigenvalue weighted by Gasteiger charge is -2.25. The van der Waals surface area contributed by atoms with Crippen molar-refractivity contribution < 1.29 is 5.11 Å². The number of hydrogen-bond donors (Lipinski definition) is 2. The summed E-state index contributed by atoms with van der Waals surface area (Å²) < 4.78 is 1.68. The van der Waals surface area contributed by atoms with Crippen LogP contribution in [0.15, 0.2) is 6.20 Å². The molecule has 2 atom stereocenters. The topological polar surface area (TPSA) is 63.0 Å². The summed E-state index contributed by atoms with van der Waals surface area (Å²) in [5.41, 5.74) is 0.958. The van der Waals surface area contributed by atoms with Gasteiger partial charge in [-0.1, -0.05) is 12.1 Å². The normalized spacial score (nSPS) is 26.8. The van der Waals surface area contributed by atoms with Crippen molar-refractivity contribution in [3.05, 3.63) is 11.9 Å². The number of rotatable bonds is 3. The van der Waals surface area contributed by atoms with Crippen molar-refractivity contribution in [3.63, 3.8) is 0 Å². The molecule has 0 aromatic carbocycles. The first-order valence-electron chi connectivity index (χ1n) is 5.19. The van der Waals surface area contributed by atoms with E-state index in [1.54, 1.807) is 4.68 Å². The number of aromatic nitrogens is 3. The Morgan fingerprint density at radius 3 is 3.33 bits per heavy atom. The van der Waals surface area contributed by atoms with E-state index in [1.807, 2.05) is 18.0 Å². The highest BCUT2D eigenvalue weighted by Gasteiger charge is 2.22. The molecule has 0 amide bonds. The van der Waals surface area contributed by atoms with Gasteiger partial charge in [0.15, 0.2) is 0 Å². The smallest absolute Gasteiger partial charge is 0.110 e. The third kappa shape index (κ3) is 2.70.